The number of carbonyl (C=O) groups is 1. The molecule has 13 rings (SSSR count). The number of H-pyrrole nitrogens is 1. The first-order chi connectivity index (χ1) is 50.5. The SMILES string of the molecule is C.CCOP(=O)(CC#N)OCC.C[Si](C)(C)CCOCn1ccc2c(-c3cn[nH]c3)ncnc21.C[Si](C)(C)CCOCn1ccc2c(-c3cnn(C(CC#N)C4CC4)c3)ncnc21.C[Si](C)(C)CCOCn1ccc2c(-c3cnn([C@H](CC#N)C4CC4)c3)ncnc21.N#CC=CC1CC1.O=CC1CC1.[2H][B].[U]. The summed E-state index contributed by atoms with van der Waals surface area (Å²) in [6.07, 6.45) is 37.1. The van der Waals surface area contributed by atoms with E-state index < -0.39 is 31.8 Å². The number of nitrogens with zero attached hydrogens (tertiary/aromatic N) is 18. The zero-order valence-electron chi connectivity index (χ0n) is 63.8. The summed E-state index contributed by atoms with van der Waals surface area (Å²) < 4.78 is 53.8. The maximum atomic E-state index is 11.3. The number of hydrogen-bond acceptors (Lipinski definition) is 20. The second-order valence-electron chi connectivity index (χ2n) is 29.8. The van der Waals surface area contributed by atoms with E-state index in [1.807, 2.05) is 103 Å². The first-order valence-electron chi connectivity index (χ1n) is 36.3. The Hall–Kier alpha value is -7.34. The number of nitriles is 4. The minimum Gasteiger partial charge on any atom is -0.361 e. The van der Waals surface area contributed by atoms with Gasteiger partial charge in [-0.1, -0.05) is 72.4 Å². The van der Waals surface area contributed by atoms with Crippen LogP contribution in [-0.2, 0) is 52.8 Å². The van der Waals surface area contributed by atoms with Gasteiger partial charge in [0.1, 0.15) is 68.6 Å². The van der Waals surface area contributed by atoms with Crippen molar-refractivity contribution >= 4 is 79.6 Å². The molecule has 26 nitrogen and oxygen atoms in total. The summed E-state index contributed by atoms with van der Waals surface area (Å²) in [4.78, 5) is 36.3. The van der Waals surface area contributed by atoms with Gasteiger partial charge in [-0.2, -0.15) is 36.3 Å². The second-order valence-corrected chi connectivity index (χ2v) is 48.7. The summed E-state index contributed by atoms with van der Waals surface area (Å²) in [6, 6.07) is 18.2. The zero-order valence-corrected chi connectivity index (χ0v) is 70.9. The van der Waals surface area contributed by atoms with Crippen molar-refractivity contribution in [1.29, 1.82) is 22.4 Å². The van der Waals surface area contributed by atoms with Gasteiger partial charge in [-0.3, -0.25) is 19.0 Å². The van der Waals surface area contributed by atoms with Crippen molar-refractivity contribution < 1.29 is 63.7 Å². The van der Waals surface area contributed by atoms with E-state index in [1.165, 1.54) is 44.6 Å². The molecule has 9 aromatic heterocycles. The monoisotopic (exact) mass is 1740 g/mol. The van der Waals surface area contributed by atoms with E-state index >= 15 is 0 Å². The third kappa shape index (κ3) is 29.0. The number of rotatable bonds is 31. The number of hydrogen-bond donors (Lipinski definition) is 1. The smallest absolute Gasteiger partial charge is 0.344 e. The number of aromatic amines is 1. The molecule has 4 aliphatic rings. The Morgan fingerprint density at radius 3 is 1.26 bits per heavy atom. The van der Waals surface area contributed by atoms with Crippen molar-refractivity contribution in [2.45, 2.75) is 195 Å². The fourth-order valence-electron chi connectivity index (χ4n) is 10.7. The molecular weight excluding hydrogens is 1630 g/mol. The van der Waals surface area contributed by atoms with E-state index in [0.717, 1.165) is 124 Å². The van der Waals surface area contributed by atoms with Gasteiger partial charge in [0.25, 0.3) is 0 Å². The van der Waals surface area contributed by atoms with Gasteiger partial charge in [0.15, 0.2) is 0 Å². The summed E-state index contributed by atoms with van der Waals surface area (Å²) in [6.45, 7) is 29.1. The molecule has 2 radical (unpaired) electrons. The summed E-state index contributed by atoms with van der Waals surface area (Å²) in [5.41, 5.74) is 8.13. The number of aromatic nitrogens is 15. The first kappa shape index (κ1) is 87.6. The number of nitrogens with one attached hydrogen (secondary N) is 1. The molecule has 4 saturated carbocycles. The third-order valence-electron chi connectivity index (χ3n) is 17.3. The molecule has 0 bridgehead atoms. The molecule has 0 aliphatic heterocycles. The van der Waals surface area contributed by atoms with Crippen LogP contribution in [0.5, 0.6) is 0 Å². The number of aldehydes is 1. The Labute approximate surface area is 655 Å². The Balaban J connectivity index is 0.000000247. The molecule has 1 N–H and O–H groups in total. The summed E-state index contributed by atoms with van der Waals surface area (Å²) in [5, 5.41) is 53.5. The van der Waals surface area contributed by atoms with E-state index in [2.05, 4.69) is 130 Å². The van der Waals surface area contributed by atoms with Gasteiger partial charge in [0.05, 0.1) is 98.1 Å². The molecule has 9 heterocycles. The minimum atomic E-state index is -3.08. The van der Waals surface area contributed by atoms with Crippen LogP contribution < -0.4 is 0 Å². The Bertz CT molecular complexity index is 4220. The predicted octanol–water partition coefficient (Wildman–Crippen LogP) is 15.9. The zero-order chi connectivity index (χ0) is 76.0. The molecule has 2 atom stereocenters. The van der Waals surface area contributed by atoms with Crippen LogP contribution in [0.4, 0.5) is 0 Å². The van der Waals surface area contributed by atoms with Gasteiger partial charge in [0, 0.05) is 166 Å². The molecule has 32 heteroatoms. The van der Waals surface area contributed by atoms with Gasteiger partial charge < -0.3 is 41.8 Å². The van der Waals surface area contributed by atoms with E-state index in [1.54, 1.807) is 51.2 Å². The minimum absolute atomic E-state index is 0. The van der Waals surface area contributed by atoms with Crippen LogP contribution in [-0.4, -0.2) is 153 Å². The largest absolute Gasteiger partial charge is 0.361 e. The molecule has 0 amide bonds. The molecule has 106 heavy (non-hydrogen) atoms. The van der Waals surface area contributed by atoms with Crippen LogP contribution in [0.25, 0.3) is 66.9 Å². The van der Waals surface area contributed by atoms with Crippen molar-refractivity contribution in [2.24, 2.45) is 23.7 Å². The summed E-state index contributed by atoms with van der Waals surface area (Å²) in [5.74, 6) is 2.35. The molecule has 1 unspecified atom stereocenters. The molecule has 4 aliphatic carbocycles. The Morgan fingerprint density at radius 1 is 0.585 bits per heavy atom. The summed E-state index contributed by atoms with van der Waals surface area (Å²) in [7, 11) is -2.56. The van der Waals surface area contributed by atoms with Crippen LogP contribution in [0.1, 0.15) is 97.6 Å². The number of fused-ring (bicyclic) bond motifs is 3. The Kier molecular flexibility index (Phi) is 36.0. The van der Waals surface area contributed by atoms with Crippen molar-refractivity contribution in [2.75, 3.05) is 39.2 Å². The second kappa shape index (κ2) is 43.6. The van der Waals surface area contributed by atoms with Crippen LogP contribution in [0, 0.1) is 100 Å². The standard InChI is InChI=1S/2C21H28N6OSi.C15H21N5OSi.C6H12NO3P.C6H7N.C4H6O.CH4.BH.U/c2*1-29(2,3)11-10-28-15-26-9-7-18-20(23-14-24-21(18)26)17-12-25-27(13-17)19(6-8-22)16-4-5-16;1-22(2,3)7-6-21-11-20-5-4-13-14(12-8-18-19-9-12)16-10-17-15(13)20;1-3-9-11(8,6-5-7)10-4-2;7-5-1-2-6-3-4-6;5-3-4-1-2-4;;;/h2*7,9,12-14,16,19H,4-6,10-11,15H2,1-3H3;4-5,8-10H,6-7,11H2,1-3H3,(H,18,19);3-4,6H2,1-2H3;1-2,6H,3-4H2;3-4H,1-2H2;1H4;1H;/t19-;;;;;;;;/m1......../s1/i;;;;;;;1D;. The van der Waals surface area contributed by atoms with Gasteiger partial charge >= 0.3 is 7.60 Å². The average Bonchev–Trinajstić information content (AvgIpc) is 1.64. The number of allylic oxidation sites excluding steroid dienone is 2. The maximum absolute atomic E-state index is 11.3. The van der Waals surface area contributed by atoms with E-state index in [9.17, 15) is 9.36 Å². The molecule has 9 aromatic rings. The van der Waals surface area contributed by atoms with E-state index in [4.69, 9.17) is 45.6 Å². The molecule has 564 valence electrons. The van der Waals surface area contributed by atoms with Crippen LogP contribution in [0.2, 0.25) is 77.1 Å². The van der Waals surface area contributed by atoms with Gasteiger partial charge in [-0.15, -0.1) is 0 Å². The molecular formula is C74H107BN19O7PSi3U. The number of ether oxygens (including phenoxy) is 3. The van der Waals surface area contributed by atoms with Crippen molar-refractivity contribution in [1.82, 2.24) is 73.4 Å². The van der Waals surface area contributed by atoms with Crippen LogP contribution >= 0.6 is 7.60 Å². The molecule has 0 spiro atoms. The van der Waals surface area contributed by atoms with Crippen LogP contribution in [0.15, 0.2) is 105 Å². The predicted molar refractivity (Wildman–Crippen MR) is 420 cm³/mol. The fourth-order valence-corrected chi connectivity index (χ4v) is 14.2. The first-order valence-corrected chi connectivity index (χ1v) is 48.6. The Morgan fingerprint density at radius 2 is 0.972 bits per heavy atom. The molecule has 0 aromatic carbocycles. The topological polar surface area (TPSA) is 332 Å². The summed E-state index contributed by atoms with van der Waals surface area (Å²) >= 11 is 0. The van der Waals surface area contributed by atoms with Gasteiger partial charge in [-0.05, 0) is 121 Å². The fraction of sp³-hybridized carbons (Fsp3) is 0.541. The van der Waals surface area contributed by atoms with Crippen molar-refractivity contribution in [3.63, 3.8) is 0 Å². The number of carbonyl (C=O) groups excluding carboxylic acids is 1. The molecule has 4 fully saturated rings. The van der Waals surface area contributed by atoms with Crippen molar-refractivity contribution in [3.8, 4) is 58.0 Å². The average molecular weight is 1740 g/mol. The van der Waals surface area contributed by atoms with Gasteiger partial charge in [-0.25, -0.2) is 29.9 Å². The normalized spacial score (nSPS) is 14.6. The van der Waals surface area contributed by atoms with E-state index in [-0.39, 0.29) is 56.8 Å². The molecule has 0 saturated heterocycles. The quantitative estimate of drug-likeness (QED) is 0.0139. The van der Waals surface area contributed by atoms with E-state index in [0.29, 0.717) is 64.0 Å². The van der Waals surface area contributed by atoms with Crippen molar-refractivity contribution in [3.05, 3.63) is 105 Å². The van der Waals surface area contributed by atoms with Gasteiger partial charge in [0.2, 0.25) is 0 Å². The third-order valence-corrected chi connectivity index (χ3v) is 24.2. The van der Waals surface area contributed by atoms with Crippen LogP contribution in [0.3, 0.4) is 0 Å². The maximum Gasteiger partial charge on any atom is 0.344 e.